The molecule has 2 aromatic carbocycles. The largest absolute Gasteiger partial charge is 0.505 e. The fraction of sp³-hybridized carbons (Fsp3) is 0.367. The first-order valence-corrected chi connectivity index (χ1v) is 13.0. The third-order valence-corrected chi connectivity index (χ3v) is 8.97. The van der Waals surface area contributed by atoms with E-state index >= 15 is 0 Å². The SMILES string of the molecule is C=CC(=O)N1CC2(CCN(c3nc4c(c(-c5cc(O)c(F)c6ccccc56)c3C#N)CC[C@@H]3C[C@@H]43)C2)C1. The molecule has 0 unspecified atom stereocenters. The molecule has 3 heterocycles. The second-order valence-corrected chi connectivity index (χ2v) is 11.2. The summed E-state index contributed by atoms with van der Waals surface area (Å²) in [5, 5.41) is 22.1. The van der Waals surface area contributed by atoms with Crippen LogP contribution in [-0.4, -0.2) is 47.1 Å². The molecular formula is C30H27FN4O2. The second-order valence-electron chi connectivity index (χ2n) is 11.2. The number of anilines is 1. The smallest absolute Gasteiger partial charge is 0.245 e. The Hall–Kier alpha value is -3.92. The molecule has 3 fully saturated rings. The molecule has 3 aromatic rings. The van der Waals surface area contributed by atoms with Crippen molar-refractivity contribution in [2.24, 2.45) is 11.3 Å². The average Bonchev–Trinajstić information content (AvgIpc) is 3.57. The van der Waals surface area contributed by atoms with Gasteiger partial charge >= 0.3 is 0 Å². The number of nitriles is 1. The Labute approximate surface area is 214 Å². The Kier molecular flexibility index (Phi) is 4.69. The van der Waals surface area contributed by atoms with Crippen LogP contribution in [0.3, 0.4) is 0 Å². The van der Waals surface area contributed by atoms with Crippen molar-refractivity contribution >= 4 is 22.5 Å². The molecule has 1 aromatic heterocycles. The molecular weight excluding hydrogens is 467 g/mol. The molecule has 7 heteroatoms. The first-order valence-electron chi connectivity index (χ1n) is 13.0. The number of aromatic hydroxyl groups is 1. The molecule has 0 bridgehead atoms. The van der Waals surface area contributed by atoms with Gasteiger partial charge in [-0.1, -0.05) is 30.8 Å². The first-order chi connectivity index (χ1) is 17.9. The van der Waals surface area contributed by atoms with Crippen molar-refractivity contribution in [3.05, 3.63) is 65.6 Å². The van der Waals surface area contributed by atoms with Gasteiger partial charge in [0.2, 0.25) is 5.91 Å². The lowest BCUT2D eigenvalue weighted by Crippen LogP contribution is -2.59. The molecule has 2 aliphatic heterocycles. The van der Waals surface area contributed by atoms with E-state index in [0.29, 0.717) is 52.6 Å². The van der Waals surface area contributed by atoms with Crippen molar-refractivity contribution in [3.8, 4) is 22.9 Å². The number of hydrogen-bond acceptors (Lipinski definition) is 5. The van der Waals surface area contributed by atoms with E-state index in [4.69, 9.17) is 4.98 Å². The highest BCUT2D eigenvalue weighted by molar-refractivity contribution is 6.01. The molecule has 1 amide bonds. The molecule has 1 N–H and O–H groups in total. The number of hydrogen-bond donors (Lipinski definition) is 1. The van der Waals surface area contributed by atoms with E-state index in [0.717, 1.165) is 55.6 Å². The maximum atomic E-state index is 14.9. The predicted octanol–water partition coefficient (Wildman–Crippen LogP) is 4.89. The van der Waals surface area contributed by atoms with Gasteiger partial charge in [-0.15, -0.1) is 0 Å². The Morgan fingerprint density at radius 1 is 1.27 bits per heavy atom. The lowest BCUT2D eigenvalue weighted by molar-refractivity contribution is -0.136. The number of amides is 1. The minimum absolute atomic E-state index is 0.00605. The van der Waals surface area contributed by atoms with Crippen LogP contribution < -0.4 is 4.90 Å². The highest BCUT2D eigenvalue weighted by Gasteiger charge is 2.50. The Balaban J connectivity index is 1.39. The van der Waals surface area contributed by atoms with Crippen LogP contribution >= 0.6 is 0 Å². The van der Waals surface area contributed by atoms with Crippen LogP contribution in [0.25, 0.3) is 21.9 Å². The van der Waals surface area contributed by atoms with E-state index in [2.05, 4.69) is 17.5 Å². The van der Waals surface area contributed by atoms with Gasteiger partial charge in [-0.25, -0.2) is 9.37 Å². The van der Waals surface area contributed by atoms with Crippen LogP contribution in [0.2, 0.25) is 0 Å². The Bertz CT molecular complexity index is 1550. The number of fused-ring (bicyclic) bond motifs is 4. The van der Waals surface area contributed by atoms with E-state index in [1.54, 1.807) is 12.1 Å². The van der Waals surface area contributed by atoms with Gasteiger partial charge < -0.3 is 14.9 Å². The molecule has 0 radical (unpaired) electrons. The summed E-state index contributed by atoms with van der Waals surface area (Å²) in [7, 11) is 0. The Morgan fingerprint density at radius 3 is 2.81 bits per heavy atom. The van der Waals surface area contributed by atoms with Gasteiger partial charge in [0.1, 0.15) is 17.5 Å². The summed E-state index contributed by atoms with van der Waals surface area (Å²) >= 11 is 0. The molecule has 1 spiro atoms. The van der Waals surface area contributed by atoms with Crippen LogP contribution in [0.5, 0.6) is 5.75 Å². The number of pyridine rings is 1. The highest BCUT2D eigenvalue weighted by atomic mass is 19.1. The molecule has 2 atom stereocenters. The van der Waals surface area contributed by atoms with Crippen LogP contribution in [0.1, 0.15) is 42.0 Å². The van der Waals surface area contributed by atoms with E-state index in [1.807, 2.05) is 17.0 Å². The maximum absolute atomic E-state index is 14.9. The second kappa shape index (κ2) is 7.79. The van der Waals surface area contributed by atoms with Crippen molar-refractivity contribution in [1.29, 1.82) is 5.26 Å². The minimum Gasteiger partial charge on any atom is -0.505 e. The maximum Gasteiger partial charge on any atom is 0.245 e. The number of likely N-dealkylation sites (tertiary alicyclic amines) is 1. The van der Waals surface area contributed by atoms with Gasteiger partial charge in [-0.2, -0.15) is 5.26 Å². The van der Waals surface area contributed by atoms with E-state index < -0.39 is 11.6 Å². The first kappa shape index (κ1) is 22.3. The summed E-state index contributed by atoms with van der Waals surface area (Å²) in [4.78, 5) is 21.2. The number of rotatable bonds is 3. The van der Waals surface area contributed by atoms with Gasteiger partial charge in [-0.3, -0.25) is 4.79 Å². The van der Waals surface area contributed by atoms with Crippen LogP contribution in [0.4, 0.5) is 10.2 Å². The quantitative estimate of drug-likeness (QED) is 0.525. The lowest BCUT2D eigenvalue weighted by Gasteiger charge is -2.47. The summed E-state index contributed by atoms with van der Waals surface area (Å²) in [5.74, 6) is 0.623. The van der Waals surface area contributed by atoms with Gasteiger partial charge in [0.15, 0.2) is 11.6 Å². The molecule has 1 saturated carbocycles. The molecule has 2 aliphatic carbocycles. The van der Waals surface area contributed by atoms with E-state index in [-0.39, 0.29) is 11.3 Å². The molecule has 7 rings (SSSR count). The molecule has 37 heavy (non-hydrogen) atoms. The number of benzene rings is 2. The van der Waals surface area contributed by atoms with Crippen molar-refractivity contribution in [1.82, 2.24) is 9.88 Å². The standard InChI is InChI=1S/C30H27FN4O2/c1-2-25(37)35-15-30(16-35)9-10-34(14-30)29-23(13-32)26(20-8-7-17-11-21(17)28(20)33-29)22-12-24(36)27(31)19-6-4-3-5-18(19)22/h2-6,12,17,21,36H,1,7-11,14-16H2/t17-,21-/m1/s1. The third kappa shape index (κ3) is 3.21. The predicted molar refractivity (Wildman–Crippen MR) is 139 cm³/mol. The van der Waals surface area contributed by atoms with E-state index in [9.17, 15) is 19.6 Å². The monoisotopic (exact) mass is 494 g/mol. The number of halogens is 1. The van der Waals surface area contributed by atoms with Crippen LogP contribution in [0, 0.1) is 28.5 Å². The number of carbonyl (C=O) groups excluding carboxylic acids is 1. The summed E-state index contributed by atoms with van der Waals surface area (Å²) in [6.45, 7) is 6.47. The fourth-order valence-corrected chi connectivity index (χ4v) is 7.01. The summed E-state index contributed by atoms with van der Waals surface area (Å²) in [6.07, 6.45) is 5.28. The average molecular weight is 495 g/mol. The number of phenolic OH excluding ortho intramolecular Hbond substituents is 1. The van der Waals surface area contributed by atoms with Gasteiger partial charge in [0.25, 0.3) is 0 Å². The zero-order chi connectivity index (χ0) is 25.5. The summed E-state index contributed by atoms with van der Waals surface area (Å²) in [6, 6.07) is 11.1. The molecule has 2 saturated heterocycles. The van der Waals surface area contributed by atoms with Crippen molar-refractivity contribution in [2.75, 3.05) is 31.1 Å². The van der Waals surface area contributed by atoms with Crippen molar-refractivity contribution in [2.45, 2.75) is 31.6 Å². The van der Waals surface area contributed by atoms with Crippen molar-refractivity contribution in [3.63, 3.8) is 0 Å². The topological polar surface area (TPSA) is 80.5 Å². The normalized spacial score (nSPS) is 22.8. The molecule has 6 nitrogen and oxygen atoms in total. The third-order valence-electron chi connectivity index (χ3n) is 8.97. The van der Waals surface area contributed by atoms with Gasteiger partial charge in [-0.05, 0) is 60.3 Å². The van der Waals surface area contributed by atoms with E-state index in [1.165, 1.54) is 12.1 Å². The van der Waals surface area contributed by atoms with Gasteiger partial charge in [0.05, 0.1) is 5.69 Å². The highest BCUT2D eigenvalue weighted by Crippen LogP contribution is 2.57. The van der Waals surface area contributed by atoms with Crippen molar-refractivity contribution < 1.29 is 14.3 Å². The Morgan fingerprint density at radius 2 is 2.05 bits per heavy atom. The van der Waals surface area contributed by atoms with Crippen LogP contribution in [-0.2, 0) is 11.2 Å². The van der Waals surface area contributed by atoms with Crippen LogP contribution in [0.15, 0.2) is 43.0 Å². The molecule has 4 aliphatic rings. The summed E-state index contributed by atoms with van der Waals surface area (Å²) in [5.41, 5.74) is 4.10. The number of aromatic nitrogens is 1. The zero-order valence-corrected chi connectivity index (χ0v) is 20.5. The fourth-order valence-electron chi connectivity index (χ4n) is 7.01. The van der Waals surface area contributed by atoms with Gasteiger partial charge in [0, 0.05) is 48.5 Å². The number of carbonyl (C=O) groups is 1. The number of nitrogens with zero attached hydrogens (tertiary/aromatic N) is 4. The molecule has 186 valence electrons. The number of phenols is 1. The summed E-state index contributed by atoms with van der Waals surface area (Å²) < 4.78 is 14.9. The lowest BCUT2D eigenvalue weighted by atomic mass is 9.79. The minimum atomic E-state index is -0.645. The zero-order valence-electron chi connectivity index (χ0n) is 20.5.